The SMILES string of the molecule is CC(C)CN=C(N)Nc1c(Cl)cccc1C(F)(F)F. The summed E-state index contributed by atoms with van der Waals surface area (Å²) in [6.45, 7) is 4.27. The number of rotatable bonds is 3. The van der Waals surface area contributed by atoms with Crippen LogP contribution in [-0.2, 0) is 6.18 Å². The van der Waals surface area contributed by atoms with Gasteiger partial charge in [0.2, 0.25) is 0 Å². The van der Waals surface area contributed by atoms with E-state index in [0.717, 1.165) is 6.07 Å². The number of nitrogens with two attached hydrogens (primary N) is 1. The highest BCUT2D eigenvalue weighted by molar-refractivity contribution is 6.34. The molecule has 1 aromatic carbocycles. The summed E-state index contributed by atoms with van der Waals surface area (Å²) in [5, 5.41) is 2.36. The molecule has 0 fully saturated rings. The summed E-state index contributed by atoms with van der Waals surface area (Å²) in [5.41, 5.74) is 4.40. The molecule has 0 saturated carbocycles. The van der Waals surface area contributed by atoms with Crippen LogP contribution in [0.15, 0.2) is 23.2 Å². The second-order valence-electron chi connectivity index (χ2n) is 4.40. The number of anilines is 1. The topological polar surface area (TPSA) is 50.4 Å². The molecule has 0 amide bonds. The fraction of sp³-hybridized carbons (Fsp3) is 0.417. The first-order valence-electron chi connectivity index (χ1n) is 5.64. The third-order valence-corrected chi connectivity index (χ3v) is 2.51. The van der Waals surface area contributed by atoms with Gasteiger partial charge in [0.1, 0.15) is 0 Å². The Labute approximate surface area is 114 Å². The molecule has 1 aromatic rings. The summed E-state index contributed by atoms with van der Waals surface area (Å²) in [6.07, 6.45) is -4.51. The number of aliphatic imine (C=N–C) groups is 1. The Morgan fingerprint density at radius 1 is 1.42 bits per heavy atom. The maximum absolute atomic E-state index is 12.8. The average molecular weight is 294 g/mol. The van der Waals surface area contributed by atoms with Gasteiger partial charge in [-0.05, 0) is 18.1 Å². The summed E-state index contributed by atoms with van der Waals surface area (Å²) in [6, 6.07) is 3.52. The third kappa shape index (κ3) is 4.63. The van der Waals surface area contributed by atoms with Crippen LogP contribution in [0.1, 0.15) is 19.4 Å². The van der Waals surface area contributed by atoms with Crippen LogP contribution in [0.25, 0.3) is 0 Å². The Kier molecular flexibility index (Phi) is 5.05. The second kappa shape index (κ2) is 6.14. The average Bonchev–Trinajstić information content (AvgIpc) is 2.27. The Morgan fingerprint density at radius 3 is 2.58 bits per heavy atom. The van der Waals surface area contributed by atoms with Crippen molar-refractivity contribution in [2.45, 2.75) is 20.0 Å². The molecule has 19 heavy (non-hydrogen) atoms. The summed E-state index contributed by atoms with van der Waals surface area (Å²) in [5.74, 6) is 0.168. The van der Waals surface area contributed by atoms with E-state index in [4.69, 9.17) is 17.3 Å². The predicted octanol–water partition coefficient (Wildman–Crippen LogP) is 3.74. The van der Waals surface area contributed by atoms with Gasteiger partial charge >= 0.3 is 6.18 Å². The smallest absolute Gasteiger partial charge is 0.370 e. The molecular formula is C12H15ClF3N3. The molecule has 0 saturated heterocycles. The van der Waals surface area contributed by atoms with Gasteiger partial charge in [0.15, 0.2) is 5.96 Å². The van der Waals surface area contributed by atoms with E-state index in [1.54, 1.807) is 0 Å². The number of guanidine groups is 1. The van der Waals surface area contributed by atoms with E-state index in [9.17, 15) is 13.2 Å². The summed E-state index contributed by atoms with van der Waals surface area (Å²) in [4.78, 5) is 3.94. The predicted molar refractivity (Wildman–Crippen MR) is 71.4 cm³/mol. The maximum Gasteiger partial charge on any atom is 0.418 e. The Balaban J connectivity index is 3.04. The highest BCUT2D eigenvalue weighted by Crippen LogP contribution is 2.38. The van der Waals surface area contributed by atoms with Crippen LogP contribution in [-0.4, -0.2) is 12.5 Å². The van der Waals surface area contributed by atoms with Gasteiger partial charge in [-0.3, -0.25) is 4.99 Å². The van der Waals surface area contributed by atoms with Crippen molar-refractivity contribution in [2.75, 3.05) is 11.9 Å². The van der Waals surface area contributed by atoms with Crippen molar-refractivity contribution in [3.63, 3.8) is 0 Å². The summed E-state index contributed by atoms with van der Waals surface area (Å²) >= 11 is 5.77. The maximum atomic E-state index is 12.8. The molecule has 0 radical (unpaired) electrons. The van der Waals surface area contributed by atoms with Crippen molar-refractivity contribution in [1.29, 1.82) is 0 Å². The number of hydrogen-bond acceptors (Lipinski definition) is 1. The van der Waals surface area contributed by atoms with Crippen LogP contribution >= 0.6 is 11.6 Å². The minimum Gasteiger partial charge on any atom is -0.370 e. The Hall–Kier alpha value is -1.43. The molecule has 0 atom stereocenters. The molecule has 106 valence electrons. The highest BCUT2D eigenvalue weighted by Gasteiger charge is 2.34. The van der Waals surface area contributed by atoms with Gasteiger partial charge in [-0.25, -0.2) is 0 Å². The molecule has 0 aliphatic carbocycles. The third-order valence-electron chi connectivity index (χ3n) is 2.20. The first-order chi connectivity index (χ1) is 8.71. The number of para-hydroxylation sites is 1. The van der Waals surface area contributed by atoms with Crippen LogP contribution in [0.4, 0.5) is 18.9 Å². The Morgan fingerprint density at radius 2 is 2.05 bits per heavy atom. The van der Waals surface area contributed by atoms with E-state index in [1.807, 2.05) is 13.8 Å². The van der Waals surface area contributed by atoms with Crippen molar-refractivity contribution in [3.05, 3.63) is 28.8 Å². The van der Waals surface area contributed by atoms with Crippen LogP contribution < -0.4 is 11.1 Å². The molecule has 0 aromatic heterocycles. The van der Waals surface area contributed by atoms with Gasteiger partial charge < -0.3 is 11.1 Å². The van der Waals surface area contributed by atoms with Crippen LogP contribution in [0.2, 0.25) is 5.02 Å². The van der Waals surface area contributed by atoms with Crippen LogP contribution in [0.3, 0.4) is 0 Å². The number of benzene rings is 1. The number of nitrogens with zero attached hydrogens (tertiary/aromatic N) is 1. The first kappa shape index (κ1) is 15.6. The molecule has 3 nitrogen and oxygen atoms in total. The minimum absolute atomic E-state index is 0.0579. The first-order valence-corrected chi connectivity index (χ1v) is 6.02. The highest BCUT2D eigenvalue weighted by atomic mass is 35.5. The fourth-order valence-electron chi connectivity index (χ4n) is 1.34. The normalized spacial score (nSPS) is 12.9. The molecule has 0 bridgehead atoms. The standard InChI is InChI=1S/C12H15ClF3N3/c1-7(2)6-18-11(17)19-10-8(12(14,15)16)4-3-5-9(10)13/h3-5,7H,6H2,1-2H3,(H3,17,18,19). The van der Waals surface area contributed by atoms with Gasteiger partial charge in [-0.1, -0.05) is 31.5 Å². The molecule has 7 heteroatoms. The van der Waals surface area contributed by atoms with E-state index in [0.29, 0.717) is 6.54 Å². The largest absolute Gasteiger partial charge is 0.418 e. The second-order valence-corrected chi connectivity index (χ2v) is 4.81. The lowest BCUT2D eigenvalue weighted by atomic mass is 10.1. The molecular weight excluding hydrogens is 279 g/mol. The van der Waals surface area contributed by atoms with Gasteiger partial charge in [0, 0.05) is 6.54 Å². The zero-order valence-electron chi connectivity index (χ0n) is 10.6. The zero-order chi connectivity index (χ0) is 14.6. The Bertz CT molecular complexity index is 470. The lowest BCUT2D eigenvalue weighted by molar-refractivity contribution is -0.136. The van der Waals surface area contributed by atoms with Crippen molar-refractivity contribution < 1.29 is 13.2 Å². The summed E-state index contributed by atoms with van der Waals surface area (Å²) < 4.78 is 38.4. The van der Waals surface area contributed by atoms with Gasteiger partial charge in [0.05, 0.1) is 16.3 Å². The molecule has 0 unspecified atom stereocenters. The molecule has 0 spiro atoms. The van der Waals surface area contributed by atoms with Crippen molar-refractivity contribution in [2.24, 2.45) is 16.6 Å². The lowest BCUT2D eigenvalue weighted by Gasteiger charge is -2.15. The summed E-state index contributed by atoms with van der Waals surface area (Å²) in [7, 11) is 0. The monoisotopic (exact) mass is 293 g/mol. The number of halogens is 4. The van der Waals surface area contributed by atoms with Crippen molar-refractivity contribution >= 4 is 23.2 Å². The number of nitrogens with one attached hydrogen (secondary N) is 1. The molecule has 0 heterocycles. The van der Waals surface area contributed by atoms with E-state index < -0.39 is 11.7 Å². The number of hydrogen-bond donors (Lipinski definition) is 2. The van der Waals surface area contributed by atoms with Gasteiger partial charge in [0.25, 0.3) is 0 Å². The fourth-order valence-corrected chi connectivity index (χ4v) is 1.56. The van der Waals surface area contributed by atoms with Gasteiger partial charge in [-0.15, -0.1) is 0 Å². The lowest BCUT2D eigenvalue weighted by Crippen LogP contribution is -2.25. The molecule has 0 aliphatic heterocycles. The van der Waals surface area contributed by atoms with E-state index in [-0.39, 0.29) is 22.6 Å². The zero-order valence-corrected chi connectivity index (χ0v) is 11.3. The minimum atomic E-state index is -4.51. The molecule has 1 rings (SSSR count). The van der Waals surface area contributed by atoms with Crippen LogP contribution in [0, 0.1) is 5.92 Å². The van der Waals surface area contributed by atoms with E-state index in [2.05, 4.69) is 10.3 Å². The van der Waals surface area contributed by atoms with E-state index >= 15 is 0 Å². The quantitative estimate of drug-likeness (QED) is 0.659. The van der Waals surface area contributed by atoms with Crippen LogP contribution in [0.5, 0.6) is 0 Å². The molecule has 0 aliphatic rings. The van der Waals surface area contributed by atoms with Crippen molar-refractivity contribution in [3.8, 4) is 0 Å². The number of alkyl halides is 3. The van der Waals surface area contributed by atoms with Crippen molar-refractivity contribution in [1.82, 2.24) is 0 Å². The van der Waals surface area contributed by atoms with Gasteiger partial charge in [-0.2, -0.15) is 13.2 Å². The molecule has 3 N–H and O–H groups in total. The van der Waals surface area contributed by atoms with E-state index in [1.165, 1.54) is 12.1 Å².